The van der Waals surface area contributed by atoms with Crippen LogP contribution in [-0.4, -0.2) is 59.9 Å². The first-order valence-electron chi connectivity index (χ1n) is 9.96. The van der Waals surface area contributed by atoms with Crippen molar-refractivity contribution in [2.45, 2.75) is 32.9 Å². The Bertz CT molecular complexity index is 794. The number of carbonyl (C=O) groups is 1. The topological polar surface area (TPSA) is 26.8 Å². The molecule has 2 aliphatic heterocycles. The van der Waals surface area contributed by atoms with Crippen LogP contribution in [-0.2, 0) is 17.8 Å². The van der Waals surface area contributed by atoms with Gasteiger partial charge in [0, 0.05) is 50.2 Å². The summed E-state index contributed by atoms with van der Waals surface area (Å²) in [5.41, 5.74) is 4.09. The average Bonchev–Trinajstić information content (AvgIpc) is 3.14. The number of nitrogens with zero attached hydrogens (tertiary/aromatic N) is 3. The van der Waals surface area contributed by atoms with E-state index in [-0.39, 0.29) is 5.91 Å². The molecule has 144 valence electrons. The molecule has 1 aromatic carbocycles. The monoisotopic (exact) mass is 383 g/mol. The molecule has 0 spiro atoms. The molecule has 5 heteroatoms. The Labute approximate surface area is 166 Å². The molecule has 4 rings (SSSR count). The Balaban J connectivity index is 1.28. The maximum atomic E-state index is 12.8. The minimum Gasteiger partial charge on any atom is -0.339 e. The molecular weight excluding hydrogens is 354 g/mol. The van der Waals surface area contributed by atoms with Crippen LogP contribution in [0.5, 0.6) is 0 Å². The van der Waals surface area contributed by atoms with E-state index in [0.717, 1.165) is 45.7 Å². The van der Waals surface area contributed by atoms with Gasteiger partial charge in [0.25, 0.3) is 0 Å². The summed E-state index contributed by atoms with van der Waals surface area (Å²) in [7, 11) is 0. The second-order valence-corrected chi connectivity index (χ2v) is 8.84. The molecular formula is C22H29N3OS. The minimum atomic E-state index is 0.288. The summed E-state index contributed by atoms with van der Waals surface area (Å²) in [4.78, 5) is 21.2. The van der Waals surface area contributed by atoms with E-state index in [1.807, 2.05) is 11.3 Å². The largest absolute Gasteiger partial charge is 0.339 e. The lowest BCUT2D eigenvalue weighted by Crippen LogP contribution is -2.51. The first-order chi connectivity index (χ1) is 13.1. The number of hydrogen-bond acceptors (Lipinski definition) is 4. The average molecular weight is 384 g/mol. The van der Waals surface area contributed by atoms with E-state index < -0.39 is 0 Å². The number of rotatable bonds is 4. The van der Waals surface area contributed by atoms with E-state index in [4.69, 9.17) is 0 Å². The number of thiophene rings is 1. The van der Waals surface area contributed by atoms with E-state index in [2.05, 4.69) is 64.3 Å². The lowest BCUT2D eigenvalue weighted by atomic mass is 10.0. The maximum Gasteiger partial charge on any atom is 0.236 e. The van der Waals surface area contributed by atoms with Crippen LogP contribution < -0.4 is 0 Å². The van der Waals surface area contributed by atoms with Gasteiger partial charge in [-0.15, -0.1) is 11.3 Å². The summed E-state index contributed by atoms with van der Waals surface area (Å²) in [5, 5.41) is 2.18. The molecule has 1 amide bonds. The molecule has 4 nitrogen and oxygen atoms in total. The zero-order valence-corrected chi connectivity index (χ0v) is 17.2. The van der Waals surface area contributed by atoms with Gasteiger partial charge in [-0.1, -0.05) is 29.8 Å². The highest BCUT2D eigenvalue weighted by molar-refractivity contribution is 7.10. The molecule has 3 heterocycles. The number of fused-ring (bicyclic) bond motifs is 1. The van der Waals surface area contributed by atoms with Crippen LogP contribution in [0.15, 0.2) is 35.7 Å². The fraction of sp³-hybridized carbons (Fsp3) is 0.500. The molecule has 0 aliphatic carbocycles. The van der Waals surface area contributed by atoms with Gasteiger partial charge in [0.15, 0.2) is 0 Å². The van der Waals surface area contributed by atoms with Crippen LogP contribution in [0.2, 0.25) is 0 Å². The third-order valence-electron chi connectivity index (χ3n) is 5.96. The van der Waals surface area contributed by atoms with Crippen molar-refractivity contribution in [2.24, 2.45) is 0 Å². The quantitative estimate of drug-likeness (QED) is 0.810. The first kappa shape index (κ1) is 18.7. The van der Waals surface area contributed by atoms with E-state index in [1.165, 1.54) is 21.6 Å². The molecule has 2 aliphatic rings. The Morgan fingerprint density at radius 3 is 2.74 bits per heavy atom. The van der Waals surface area contributed by atoms with Gasteiger partial charge < -0.3 is 4.90 Å². The third kappa shape index (κ3) is 4.26. The summed E-state index contributed by atoms with van der Waals surface area (Å²) < 4.78 is 0. The van der Waals surface area contributed by atoms with Crippen molar-refractivity contribution in [1.29, 1.82) is 0 Å². The Morgan fingerprint density at radius 1 is 1.15 bits per heavy atom. The number of carbonyl (C=O) groups excluding carboxylic acids is 1. The van der Waals surface area contributed by atoms with E-state index in [1.54, 1.807) is 0 Å². The van der Waals surface area contributed by atoms with Crippen molar-refractivity contribution >= 4 is 17.2 Å². The lowest BCUT2D eigenvalue weighted by Gasteiger charge is -2.38. The van der Waals surface area contributed by atoms with Crippen LogP contribution in [0, 0.1) is 6.92 Å². The predicted octanol–water partition coefficient (Wildman–Crippen LogP) is 3.32. The Hall–Kier alpha value is -1.69. The molecule has 1 unspecified atom stereocenters. The van der Waals surface area contributed by atoms with Crippen molar-refractivity contribution in [2.75, 3.05) is 39.3 Å². The van der Waals surface area contributed by atoms with E-state index in [9.17, 15) is 4.79 Å². The summed E-state index contributed by atoms with van der Waals surface area (Å²) in [5.74, 6) is 0.288. The van der Waals surface area contributed by atoms with Crippen LogP contribution in [0.4, 0.5) is 0 Å². The van der Waals surface area contributed by atoms with Gasteiger partial charge in [-0.2, -0.15) is 0 Å². The maximum absolute atomic E-state index is 12.8. The standard InChI is InChI=1S/C22H29N3OS/c1-17-4-3-5-19(14-17)15-23-9-11-24(12-10-23)22(26)16-25-8-6-21-20(18(25)2)7-13-27-21/h3-5,7,13-14,18H,6,8-12,15-16H2,1-2H3. The SMILES string of the molecule is Cc1cccc(CN2CCN(C(=O)CN3CCc4sccc4C3C)CC2)c1. The fourth-order valence-electron chi connectivity index (χ4n) is 4.28. The third-order valence-corrected chi connectivity index (χ3v) is 6.95. The summed E-state index contributed by atoms with van der Waals surface area (Å²) in [6.07, 6.45) is 1.08. The van der Waals surface area contributed by atoms with Crippen molar-refractivity contribution in [1.82, 2.24) is 14.7 Å². The Morgan fingerprint density at radius 2 is 1.96 bits per heavy atom. The van der Waals surface area contributed by atoms with Crippen LogP contribution in [0.1, 0.15) is 34.5 Å². The highest BCUT2D eigenvalue weighted by Crippen LogP contribution is 2.32. The molecule has 0 bridgehead atoms. The highest BCUT2D eigenvalue weighted by atomic mass is 32.1. The zero-order valence-electron chi connectivity index (χ0n) is 16.4. The number of benzene rings is 1. The summed E-state index contributed by atoms with van der Waals surface area (Å²) >= 11 is 1.85. The van der Waals surface area contributed by atoms with Gasteiger partial charge in [0.05, 0.1) is 6.54 Å². The van der Waals surface area contributed by atoms with Gasteiger partial charge in [-0.05, 0) is 42.8 Å². The second-order valence-electron chi connectivity index (χ2n) is 7.84. The first-order valence-corrected chi connectivity index (χ1v) is 10.8. The van der Waals surface area contributed by atoms with Crippen molar-refractivity contribution in [3.8, 4) is 0 Å². The molecule has 1 atom stereocenters. The van der Waals surface area contributed by atoms with E-state index in [0.29, 0.717) is 12.6 Å². The van der Waals surface area contributed by atoms with Crippen molar-refractivity contribution in [3.63, 3.8) is 0 Å². The molecule has 1 aromatic heterocycles. The summed E-state index contributed by atoms with van der Waals surface area (Å²) in [6.45, 7) is 10.5. The number of piperazine rings is 1. The van der Waals surface area contributed by atoms with Gasteiger partial charge in [0.2, 0.25) is 5.91 Å². The molecule has 1 saturated heterocycles. The molecule has 2 aromatic rings. The molecule has 1 fully saturated rings. The number of hydrogen-bond donors (Lipinski definition) is 0. The molecule has 0 N–H and O–H groups in total. The Kier molecular flexibility index (Phi) is 5.62. The van der Waals surface area contributed by atoms with Crippen molar-refractivity contribution < 1.29 is 4.79 Å². The van der Waals surface area contributed by atoms with Gasteiger partial charge in [0.1, 0.15) is 0 Å². The smallest absolute Gasteiger partial charge is 0.236 e. The molecule has 0 radical (unpaired) electrons. The van der Waals surface area contributed by atoms with Crippen LogP contribution in [0.25, 0.3) is 0 Å². The van der Waals surface area contributed by atoms with Crippen LogP contribution >= 0.6 is 11.3 Å². The minimum absolute atomic E-state index is 0.288. The van der Waals surface area contributed by atoms with Crippen molar-refractivity contribution in [3.05, 3.63) is 57.3 Å². The zero-order chi connectivity index (χ0) is 18.8. The fourth-order valence-corrected chi connectivity index (χ4v) is 5.24. The lowest BCUT2D eigenvalue weighted by molar-refractivity contribution is -0.134. The highest BCUT2D eigenvalue weighted by Gasteiger charge is 2.28. The summed E-state index contributed by atoms with van der Waals surface area (Å²) in [6, 6.07) is 11.3. The van der Waals surface area contributed by atoms with Gasteiger partial charge in [-0.3, -0.25) is 14.6 Å². The second kappa shape index (κ2) is 8.13. The van der Waals surface area contributed by atoms with E-state index >= 15 is 0 Å². The molecule has 0 saturated carbocycles. The number of amides is 1. The predicted molar refractivity (Wildman–Crippen MR) is 111 cm³/mol. The number of aryl methyl sites for hydroxylation is 1. The molecule has 27 heavy (non-hydrogen) atoms. The normalized spacial score (nSPS) is 21.3. The van der Waals surface area contributed by atoms with Crippen LogP contribution in [0.3, 0.4) is 0 Å². The van der Waals surface area contributed by atoms with Gasteiger partial charge in [-0.25, -0.2) is 0 Å². The van der Waals surface area contributed by atoms with Gasteiger partial charge >= 0.3 is 0 Å².